The standard InChI is InChI=1S/C19H24N2O2/c1-4-14(2)19(22)21-15(3)17-7-9-18(10-8-17)23-13-16-6-5-11-20-12-16/h5-12,14-15H,4,13H2,1-3H3,(H,21,22). The second kappa shape index (κ2) is 8.32. The molecule has 2 unspecified atom stereocenters. The number of hydrogen-bond acceptors (Lipinski definition) is 3. The van der Waals surface area contributed by atoms with E-state index in [9.17, 15) is 4.79 Å². The molecule has 122 valence electrons. The van der Waals surface area contributed by atoms with E-state index in [2.05, 4.69) is 10.3 Å². The molecule has 1 amide bonds. The Morgan fingerprint density at radius 1 is 1.22 bits per heavy atom. The van der Waals surface area contributed by atoms with Crippen molar-refractivity contribution in [1.29, 1.82) is 0 Å². The van der Waals surface area contributed by atoms with E-state index in [4.69, 9.17) is 4.74 Å². The van der Waals surface area contributed by atoms with Gasteiger partial charge < -0.3 is 10.1 Å². The van der Waals surface area contributed by atoms with E-state index in [1.165, 1.54) is 0 Å². The molecule has 0 fully saturated rings. The average molecular weight is 312 g/mol. The second-order valence-electron chi connectivity index (χ2n) is 5.76. The van der Waals surface area contributed by atoms with E-state index in [-0.39, 0.29) is 17.9 Å². The van der Waals surface area contributed by atoms with Gasteiger partial charge in [-0.1, -0.05) is 32.0 Å². The Bertz CT molecular complexity index is 611. The molecule has 0 aliphatic carbocycles. The topological polar surface area (TPSA) is 51.2 Å². The summed E-state index contributed by atoms with van der Waals surface area (Å²) in [5.41, 5.74) is 2.10. The van der Waals surface area contributed by atoms with Gasteiger partial charge in [-0.25, -0.2) is 0 Å². The minimum atomic E-state index is -0.0103. The molecular weight excluding hydrogens is 288 g/mol. The molecule has 0 radical (unpaired) electrons. The van der Waals surface area contributed by atoms with Gasteiger partial charge in [-0.2, -0.15) is 0 Å². The lowest BCUT2D eigenvalue weighted by Gasteiger charge is -2.17. The smallest absolute Gasteiger partial charge is 0.223 e. The minimum Gasteiger partial charge on any atom is -0.489 e. The lowest BCUT2D eigenvalue weighted by Crippen LogP contribution is -2.31. The predicted octanol–water partition coefficient (Wildman–Crippen LogP) is 3.88. The molecule has 1 aromatic heterocycles. The predicted molar refractivity (Wildman–Crippen MR) is 91.0 cm³/mol. The van der Waals surface area contributed by atoms with Gasteiger partial charge in [0.1, 0.15) is 12.4 Å². The van der Waals surface area contributed by atoms with E-state index in [0.717, 1.165) is 23.3 Å². The summed E-state index contributed by atoms with van der Waals surface area (Å²) < 4.78 is 5.74. The van der Waals surface area contributed by atoms with Gasteiger partial charge in [-0.15, -0.1) is 0 Å². The number of nitrogens with zero attached hydrogens (tertiary/aromatic N) is 1. The summed E-state index contributed by atoms with van der Waals surface area (Å²) in [4.78, 5) is 16.0. The molecule has 1 N–H and O–H groups in total. The number of nitrogens with one attached hydrogen (secondary N) is 1. The Morgan fingerprint density at radius 3 is 2.57 bits per heavy atom. The molecule has 4 heteroatoms. The first-order valence-corrected chi connectivity index (χ1v) is 8.02. The van der Waals surface area contributed by atoms with Crippen molar-refractivity contribution in [2.75, 3.05) is 0 Å². The van der Waals surface area contributed by atoms with E-state index in [1.807, 2.05) is 57.2 Å². The SMILES string of the molecule is CCC(C)C(=O)NC(C)c1ccc(OCc2cccnc2)cc1. The molecule has 0 aliphatic rings. The van der Waals surface area contributed by atoms with E-state index in [0.29, 0.717) is 6.61 Å². The lowest BCUT2D eigenvalue weighted by atomic mass is 10.1. The van der Waals surface area contributed by atoms with Gasteiger partial charge in [-0.3, -0.25) is 9.78 Å². The molecule has 4 nitrogen and oxygen atoms in total. The van der Waals surface area contributed by atoms with Crippen LogP contribution in [0, 0.1) is 5.92 Å². The number of hydrogen-bond donors (Lipinski definition) is 1. The maximum atomic E-state index is 11.9. The third-order valence-corrected chi connectivity index (χ3v) is 3.93. The van der Waals surface area contributed by atoms with Crippen molar-refractivity contribution in [3.05, 3.63) is 59.9 Å². The van der Waals surface area contributed by atoms with Gasteiger partial charge in [-0.05, 0) is 37.1 Å². The highest BCUT2D eigenvalue weighted by Gasteiger charge is 2.14. The van der Waals surface area contributed by atoms with Crippen LogP contribution in [0.25, 0.3) is 0 Å². The first-order chi connectivity index (χ1) is 11.1. The molecule has 0 saturated carbocycles. The van der Waals surface area contributed by atoms with Crippen molar-refractivity contribution < 1.29 is 9.53 Å². The number of ether oxygens (including phenoxy) is 1. The van der Waals surface area contributed by atoms with E-state index in [1.54, 1.807) is 12.4 Å². The fourth-order valence-corrected chi connectivity index (χ4v) is 2.13. The van der Waals surface area contributed by atoms with Crippen LogP contribution >= 0.6 is 0 Å². The molecule has 1 heterocycles. The van der Waals surface area contributed by atoms with Crippen LogP contribution in [0.4, 0.5) is 0 Å². The normalized spacial score (nSPS) is 13.2. The summed E-state index contributed by atoms with van der Waals surface area (Å²) in [6.45, 7) is 6.44. The van der Waals surface area contributed by atoms with Crippen molar-refractivity contribution in [2.45, 2.75) is 39.8 Å². The third-order valence-electron chi connectivity index (χ3n) is 3.93. The number of pyridine rings is 1. The molecule has 23 heavy (non-hydrogen) atoms. The van der Waals surface area contributed by atoms with Gasteiger partial charge in [0.2, 0.25) is 5.91 Å². The molecule has 0 saturated heterocycles. The Labute approximate surface area is 137 Å². The van der Waals surface area contributed by atoms with Crippen LogP contribution in [-0.4, -0.2) is 10.9 Å². The van der Waals surface area contributed by atoms with Crippen LogP contribution in [0.1, 0.15) is 44.4 Å². The third kappa shape index (κ3) is 5.09. The highest BCUT2D eigenvalue weighted by Crippen LogP contribution is 2.19. The van der Waals surface area contributed by atoms with Crippen LogP contribution in [0.2, 0.25) is 0 Å². The van der Waals surface area contributed by atoms with Crippen LogP contribution in [0.15, 0.2) is 48.8 Å². The van der Waals surface area contributed by atoms with Crippen LogP contribution in [0.3, 0.4) is 0 Å². The number of benzene rings is 1. The number of carbonyl (C=O) groups is 1. The van der Waals surface area contributed by atoms with Gasteiger partial charge in [0.25, 0.3) is 0 Å². The van der Waals surface area contributed by atoms with Gasteiger partial charge in [0, 0.05) is 23.9 Å². The van der Waals surface area contributed by atoms with Crippen molar-refractivity contribution in [2.24, 2.45) is 5.92 Å². The van der Waals surface area contributed by atoms with Gasteiger partial charge in [0.15, 0.2) is 0 Å². The molecule has 0 spiro atoms. The Hall–Kier alpha value is -2.36. The fourth-order valence-electron chi connectivity index (χ4n) is 2.13. The van der Waals surface area contributed by atoms with Gasteiger partial charge >= 0.3 is 0 Å². The summed E-state index contributed by atoms with van der Waals surface area (Å²) in [5, 5.41) is 3.04. The summed E-state index contributed by atoms with van der Waals surface area (Å²) in [6, 6.07) is 11.7. The van der Waals surface area contributed by atoms with E-state index >= 15 is 0 Å². The number of aromatic nitrogens is 1. The van der Waals surface area contributed by atoms with Crippen molar-refractivity contribution in [3.8, 4) is 5.75 Å². The van der Waals surface area contributed by atoms with Crippen molar-refractivity contribution in [3.63, 3.8) is 0 Å². The van der Waals surface area contributed by atoms with Crippen LogP contribution in [0.5, 0.6) is 5.75 Å². The highest BCUT2D eigenvalue weighted by atomic mass is 16.5. The zero-order valence-electron chi connectivity index (χ0n) is 14.0. The first kappa shape index (κ1) is 17.0. The summed E-state index contributed by atoms with van der Waals surface area (Å²) in [5.74, 6) is 0.939. The minimum absolute atomic E-state index is 0.0103. The van der Waals surface area contributed by atoms with Gasteiger partial charge in [0.05, 0.1) is 6.04 Å². The summed E-state index contributed by atoms with van der Waals surface area (Å²) >= 11 is 0. The van der Waals surface area contributed by atoms with Crippen LogP contribution in [-0.2, 0) is 11.4 Å². The Morgan fingerprint density at radius 2 is 1.96 bits per heavy atom. The van der Waals surface area contributed by atoms with Crippen molar-refractivity contribution >= 4 is 5.91 Å². The Kier molecular flexibility index (Phi) is 6.15. The second-order valence-corrected chi connectivity index (χ2v) is 5.76. The fraction of sp³-hybridized carbons (Fsp3) is 0.368. The van der Waals surface area contributed by atoms with Crippen LogP contribution < -0.4 is 10.1 Å². The summed E-state index contributed by atoms with van der Waals surface area (Å²) in [6.07, 6.45) is 4.38. The summed E-state index contributed by atoms with van der Waals surface area (Å²) in [7, 11) is 0. The Balaban J connectivity index is 1.90. The number of amides is 1. The largest absolute Gasteiger partial charge is 0.489 e. The zero-order chi connectivity index (χ0) is 16.7. The molecule has 2 aromatic rings. The molecule has 0 bridgehead atoms. The maximum absolute atomic E-state index is 11.9. The molecular formula is C19H24N2O2. The quantitative estimate of drug-likeness (QED) is 0.844. The maximum Gasteiger partial charge on any atom is 0.223 e. The molecule has 2 atom stereocenters. The average Bonchev–Trinajstić information content (AvgIpc) is 2.60. The monoisotopic (exact) mass is 312 g/mol. The zero-order valence-corrected chi connectivity index (χ0v) is 14.0. The van der Waals surface area contributed by atoms with E-state index < -0.39 is 0 Å². The molecule has 0 aliphatic heterocycles. The lowest BCUT2D eigenvalue weighted by molar-refractivity contribution is -0.125. The molecule has 2 rings (SSSR count). The number of rotatable bonds is 7. The molecule has 1 aromatic carbocycles. The highest BCUT2D eigenvalue weighted by molar-refractivity contribution is 5.78. The first-order valence-electron chi connectivity index (χ1n) is 8.02. The van der Waals surface area contributed by atoms with Crippen molar-refractivity contribution in [1.82, 2.24) is 10.3 Å². The number of carbonyl (C=O) groups excluding carboxylic acids is 1.